The third kappa shape index (κ3) is 13.6. The van der Waals surface area contributed by atoms with Gasteiger partial charge >= 0.3 is 6.09 Å². The average Bonchev–Trinajstić information content (AvgIpc) is 4.01. The molecule has 14 nitrogen and oxygen atoms in total. The number of benzene rings is 2. The van der Waals surface area contributed by atoms with E-state index in [0.29, 0.717) is 25.8 Å². The minimum absolute atomic E-state index is 0.0101. The number of nitrogens with zero attached hydrogens (tertiary/aromatic N) is 4. The Bertz CT molecular complexity index is 1920. The predicted molar refractivity (Wildman–Crippen MR) is 249 cm³/mol. The molecule has 9 atom stereocenters. The number of amides is 5. The number of likely N-dealkylation sites (tertiary alicyclic amines) is 1. The van der Waals surface area contributed by atoms with Gasteiger partial charge < -0.3 is 34.6 Å². The van der Waals surface area contributed by atoms with Crippen LogP contribution >= 0.6 is 11.3 Å². The number of rotatable bonds is 23. The molecule has 15 heteroatoms. The van der Waals surface area contributed by atoms with E-state index in [1.165, 1.54) is 23.3 Å². The third-order valence-corrected chi connectivity index (χ3v) is 13.5. The van der Waals surface area contributed by atoms with E-state index in [4.69, 9.17) is 14.2 Å². The van der Waals surface area contributed by atoms with Crippen LogP contribution in [0.2, 0.25) is 0 Å². The minimum atomic E-state index is -0.937. The second-order valence-corrected chi connectivity index (χ2v) is 18.7. The first-order valence-corrected chi connectivity index (χ1v) is 23.5. The number of nitrogens with one attached hydrogen (secondary N) is 2. The molecular weight excluding hydrogens is 833 g/mol. The fourth-order valence-corrected chi connectivity index (χ4v) is 9.59. The largest absolute Gasteiger partial charge is 0.445 e. The monoisotopic (exact) mass is 905 g/mol. The molecular formula is C49H72N6O8S. The van der Waals surface area contributed by atoms with Crippen LogP contribution in [0.25, 0.3) is 0 Å². The lowest BCUT2D eigenvalue weighted by Crippen LogP contribution is -2.60. The van der Waals surface area contributed by atoms with Gasteiger partial charge in [0, 0.05) is 46.4 Å². The second kappa shape index (κ2) is 25.0. The molecule has 2 heterocycles. The smallest absolute Gasteiger partial charge is 0.410 e. The Balaban J connectivity index is 1.47. The Morgan fingerprint density at radius 3 is 2.03 bits per heavy atom. The highest BCUT2D eigenvalue weighted by molar-refractivity contribution is 7.09. The second-order valence-electron chi connectivity index (χ2n) is 17.8. The first-order valence-electron chi connectivity index (χ1n) is 22.6. The predicted octanol–water partition coefficient (Wildman–Crippen LogP) is 6.90. The van der Waals surface area contributed by atoms with E-state index in [1.807, 2.05) is 119 Å². The molecule has 2 N–H and O–H groups in total. The summed E-state index contributed by atoms with van der Waals surface area (Å²) in [4.78, 5) is 79.4. The van der Waals surface area contributed by atoms with Crippen LogP contribution in [0.1, 0.15) is 96.3 Å². The molecule has 1 aliphatic heterocycles. The molecule has 0 unspecified atom stereocenters. The lowest BCUT2D eigenvalue weighted by atomic mass is 9.89. The van der Waals surface area contributed by atoms with Crippen LogP contribution in [0.15, 0.2) is 72.2 Å². The molecule has 3 aromatic rings. The van der Waals surface area contributed by atoms with E-state index in [0.717, 1.165) is 22.6 Å². The van der Waals surface area contributed by atoms with Crippen molar-refractivity contribution in [2.75, 3.05) is 34.9 Å². The zero-order valence-electron chi connectivity index (χ0n) is 39.7. The van der Waals surface area contributed by atoms with Crippen molar-refractivity contribution in [1.29, 1.82) is 0 Å². The van der Waals surface area contributed by atoms with Crippen LogP contribution in [0, 0.1) is 23.7 Å². The van der Waals surface area contributed by atoms with Crippen molar-refractivity contribution in [3.63, 3.8) is 0 Å². The van der Waals surface area contributed by atoms with Crippen molar-refractivity contribution in [3.05, 3.63) is 88.4 Å². The fraction of sp³-hybridized carbons (Fsp3) is 0.592. The van der Waals surface area contributed by atoms with E-state index in [9.17, 15) is 24.0 Å². The molecule has 0 radical (unpaired) electrons. The molecule has 0 spiro atoms. The quantitative estimate of drug-likeness (QED) is 0.103. The summed E-state index contributed by atoms with van der Waals surface area (Å²) in [6.45, 7) is 13.8. The molecule has 2 aromatic carbocycles. The molecule has 64 heavy (non-hydrogen) atoms. The Morgan fingerprint density at radius 2 is 1.48 bits per heavy atom. The summed E-state index contributed by atoms with van der Waals surface area (Å²) in [7, 11) is 6.35. The summed E-state index contributed by atoms with van der Waals surface area (Å²) in [5.41, 5.74) is 1.90. The number of carbonyl (C=O) groups is 5. The van der Waals surface area contributed by atoms with Gasteiger partial charge in [-0.1, -0.05) is 116 Å². The Morgan fingerprint density at radius 1 is 0.844 bits per heavy atom. The summed E-state index contributed by atoms with van der Waals surface area (Å²) in [5, 5.41) is 8.91. The average molecular weight is 905 g/mol. The molecule has 1 aromatic heterocycles. The fourth-order valence-electron chi connectivity index (χ4n) is 8.90. The van der Waals surface area contributed by atoms with Crippen LogP contribution in [-0.4, -0.2) is 121 Å². The van der Waals surface area contributed by atoms with Gasteiger partial charge in [-0.2, -0.15) is 0 Å². The maximum absolute atomic E-state index is 14.6. The lowest BCUT2D eigenvalue weighted by Gasteiger charge is -2.41. The van der Waals surface area contributed by atoms with Gasteiger partial charge in [0.1, 0.15) is 23.7 Å². The van der Waals surface area contributed by atoms with Crippen LogP contribution in [0.3, 0.4) is 0 Å². The molecule has 352 valence electrons. The Kier molecular flexibility index (Phi) is 20.2. The van der Waals surface area contributed by atoms with Gasteiger partial charge in [0.15, 0.2) is 0 Å². The summed E-state index contributed by atoms with van der Waals surface area (Å²) < 4.78 is 17.7. The molecule has 5 amide bonds. The van der Waals surface area contributed by atoms with Crippen LogP contribution in [0.5, 0.6) is 0 Å². The summed E-state index contributed by atoms with van der Waals surface area (Å²) in [5.74, 6) is -2.43. The first-order chi connectivity index (χ1) is 30.5. The van der Waals surface area contributed by atoms with Crippen molar-refractivity contribution in [3.8, 4) is 0 Å². The number of hydrogen-bond acceptors (Lipinski definition) is 10. The van der Waals surface area contributed by atoms with E-state index >= 15 is 0 Å². The van der Waals surface area contributed by atoms with Gasteiger partial charge in [-0.3, -0.25) is 24.1 Å². The molecule has 4 rings (SSSR count). The summed E-state index contributed by atoms with van der Waals surface area (Å²) in [6.07, 6.45) is 2.50. The highest BCUT2D eigenvalue weighted by Crippen LogP contribution is 2.31. The highest BCUT2D eigenvalue weighted by atomic mass is 32.1. The maximum atomic E-state index is 14.6. The summed E-state index contributed by atoms with van der Waals surface area (Å²) >= 11 is 1.49. The van der Waals surface area contributed by atoms with E-state index in [1.54, 1.807) is 32.4 Å². The molecule has 1 fully saturated rings. The van der Waals surface area contributed by atoms with Crippen LogP contribution in [0.4, 0.5) is 4.79 Å². The zero-order chi connectivity index (χ0) is 47.1. The van der Waals surface area contributed by atoms with E-state index in [2.05, 4.69) is 15.6 Å². The Hall–Kier alpha value is -4.86. The SMILES string of the molecule is CC[C@H](C)[C@@H]([C@@H](CC(=O)N1CCC[C@H]1[C@H](OC)[C@@H](C)C(=O)N[C@@H](Cc1ccccc1)c1nccs1)OC)N(C)C(=O)[C@@H](NC(=O)[C@H](C(C)C)N(C)C(=O)OCc1ccccc1)C(C)C. The number of aromatic nitrogens is 1. The van der Waals surface area contributed by atoms with Crippen LogP contribution in [-0.2, 0) is 46.4 Å². The number of ether oxygens (including phenoxy) is 3. The highest BCUT2D eigenvalue weighted by Gasteiger charge is 2.43. The van der Waals surface area contributed by atoms with Crippen molar-refractivity contribution in [2.45, 2.75) is 130 Å². The molecule has 1 aliphatic rings. The number of likely N-dealkylation sites (N-methyl/N-ethyl adjacent to an activating group) is 2. The zero-order valence-corrected chi connectivity index (χ0v) is 40.5. The number of methoxy groups -OCH3 is 2. The first kappa shape index (κ1) is 51.8. The number of hydrogen-bond donors (Lipinski definition) is 2. The van der Waals surface area contributed by atoms with Gasteiger partial charge in [0.05, 0.1) is 42.7 Å². The third-order valence-electron chi connectivity index (χ3n) is 12.6. The van der Waals surface area contributed by atoms with Gasteiger partial charge in [-0.15, -0.1) is 11.3 Å². The molecule has 1 saturated heterocycles. The number of thiazole rings is 1. The lowest BCUT2D eigenvalue weighted by molar-refractivity contribution is -0.148. The molecule has 0 bridgehead atoms. The van der Waals surface area contributed by atoms with Crippen molar-refractivity contribution in [1.82, 2.24) is 30.3 Å². The van der Waals surface area contributed by atoms with E-state index in [-0.39, 0.29) is 60.6 Å². The number of carbonyl (C=O) groups excluding carboxylic acids is 5. The Labute approximate surface area is 384 Å². The molecule has 0 aliphatic carbocycles. The molecule has 0 saturated carbocycles. The summed E-state index contributed by atoms with van der Waals surface area (Å²) in [6, 6.07) is 16.2. The van der Waals surface area contributed by atoms with Crippen LogP contribution < -0.4 is 10.6 Å². The van der Waals surface area contributed by atoms with Crippen molar-refractivity contribution in [2.24, 2.45) is 23.7 Å². The van der Waals surface area contributed by atoms with Crippen molar-refractivity contribution >= 4 is 41.1 Å². The normalized spacial score (nSPS) is 17.7. The van der Waals surface area contributed by atoms with E-state index < -0.39 is 48.3 Å². The van der Waals surface area contributed by atoms with Gasteiger partial charge in [0.25, 0.3) is 0 Å². The topological polar surface area (TPSA) is 160 Å². The maximum Gasteiger partial charge on any atom is 0.410 e. The van der Waals surface area contributed by atoms with Crippen molar-refractivity contribution < 1.29 is 38.2 Å². The standard InChI is InChI=1S/C49H72N6O8S/c1-12-33(6)43(53(8)48(59)41(31(2)3)52-46(58)42(32(4)5)54(9)49(60)63-30-36-22-17-14-18-23-36)39(61-10)29-40(56)55-26-19-24-38(55)44(62-11)34(7)45(57)51-37(47-50-25-27-64-47)28-35-20-15-13-16-21-35/h13-18,20-23,25,27,31-34,37-39,41-44H,12,19,24,26,28-30H2,1-11H3,(H,51,57)(H,52,58)/t33-,34+,37-,38-,39+,41-,42-,43-,44+/m0/s1. The van der Waals surface area contributed by atoms with Gasteiger partial charge in [-0.25, -0.2) is 9.78 Å². The van der Waals surface area contributed by atoms with Gasteiger partial charge in [-0.05, 0) is 48.1 Å². The minimum Gasteiger partial charge on any atom is -0.445 e. The van der Waals surface area contributed by atoms with Gasteiger partial charge in [0.2, 0.25) is 23.6 Å².